The van der Waals surface area contributed by atoms with Crippen LogP contribution in [0.15, 0.2) is 24.3 Å². The number of hydrogen-bond donors (Lipinski definition) is 1. The number of carbonyl (C=O) groups excluding carboxylic acids is 1. The lowest BCUT2D eigenvalue weighted by atomic mass is 10.2. The Labute approximate surface area is 115 Å². The minimum Gasteiger partial charge on any atom is -0.491 e. The maximum absolute atomic E-state index is 11.2. The summed E-state index contributed by atoms with van der Waals surface area (Å²) >= 11 is 3.11. The van der Waals surface area contributed by atoms with Gasteiger partial charge in [0.1, 0.15) is 12.4 Å². The summed E-state index contributed by atoms with van der Waals surface area (Å²) in [6, 6.07) is 7.38. The van der Waals surface area contributed by atoms with Crippen LogP contribution in [-0.4, -0.2) is 30.6 Å². The molecule has 1 aliphatic rings. The van der Waals surface area contributed by atoms with Crippen LogP contribution in [0.2, 0.25) is 0 Å². The highest BCUT2D eigenvalue weighted by Gasteiger charge is 2.15. The Balaban J connectivity index is 1.87. The molecule has 98 valence electrons. The molecular weight excluding hydrogens is 298 g/mol. The highest BCUT2D eigenvalue weighted by Crippen LogP contribution is 2.19. The van der Waals surface area contributed by atoms with Gasteiger partial charge in [0, 0.05) is 18.4 Å². The van der Waals surface area contributed by atoms with E-state index in [1.165, 1.54) is 0 Å². The fraction of sp³-hybridized carbons (Fsp3) is 0.462. The van der Waals surface area contributed by atoms with Crippen molar-refractivity contribution < 1.29 is 14.3 Å². The van der Waals surface area contributed by atoms with Crippen LogP contribution in [0.1, 0.15) is 12.8 Å². The van der Waals surface area contributed by atoms with Crippen LogP contribution in [0.4, 0.5) is 5.69 Å². The van der Waals surface area contributed by atoms with Crippen molar-refractivity contribution in [2.75, 3.05) is 23.9 Å². The number of anilines is 1. The second-order valence-corrected chi connectivity index (χ2v) is 4.72. The standard InChI is InChI=1S/C13H16BrNO3/c14-8-13(16)15-10-3-1-4-11(7-10)18-9-12-5-2-6-17-12/h1,3-4,7,12H,2,5-6,8-9H2,(H,15,16)/t12-/m0/s1. The number of ether oxygens (including phenoxy) is 2. The van der Waals surface area contributed by atoms with Crippen molar-refractivity contribution in [1.82, 2.24) is 0 Å². The van der Waals surface area contributed by atoms with E-state index >= 15 is 0 Å². The van der Waals surface area contributed by atoms with E-state index in [1.807, 2.05) is 24.3 Å². The van der Waals surface area contributed by atoms with Crippen LogP contribution in [0.5, 0.6) is 5.75 Å². The molecule has 0 radical (unpaired) electrons. The Morgan fingerprint density at radius 3 is 3.17 bits per heavy atom. The van der Waals surface area contributed by atoms with Crippen molar-refractivity contribution in [3.63, 3.8) is 0 Å². The molecule has 1 heterocycles. The van der Waals surface area contributed by atoms with Gasteiger partial charge in [-0.15, -0.1) is 0 Å². The Morgan fingerprint density at radius 1 is 1.56 bits per heavy atom. The van der Waals surface area contributed by atoms with E-state index < -0.39 is 0 Å². The number of hydrogen-bond acceptors (Lipinski definition) is 3. The maximum Gasteiger partial charge on any atom is 0.235 e. The number of nitrogens with one attached hydrogen (secondary N) is 1. The molecule has 0 aliphatic carbocycles. The van der Waals surface area contributed by atoms with Gasteiger partial charge in [-0.3, -0.25) is 4.79 Å². The molecule has 4 nitrogen and oxygen atoms in total. The van der Waals surface area contributed by atoms with Crippen molar-refractivity contribution in [2.45, 2.75) is 18.9 Å². The second-order valence-electron chi connectivity index (χ2n) is 4.16. The lowest BCUT2D eigenvalue weighted by Gasteiger charge is -2.12. The van der Waals surface area contributed by atoms with Gasteiger partial charge in [-0.25, -0.2) is 0 Å². The normalized spacial score (nSPS) is 18.6. The van der Waals surface area contributed by atoms with Crippen LogP contribution >= 0.6 is 15.9 Å². The van der Waals surface area contributed by atoms with Crippen LogP contribution in [0, 0.1) is 0 Å². The quantitative estimate of drug-likeness (QED) is 0.850. The predicted octanol–water partition coefficient (Wildman–Crippen LogP) is 2.58. The molecule has 5 heteroatoms. The molecule has 0 saturated carbocycles. The summed E-state index contributed by atoms with van der Waals surface area (Å²) in [5.74, 6) is 0.671. The molecule has 0 aromatic heterocycles. The minimum absolute atomic E-state index is 0.0775. The number of alkyl halides is 1. The molecule has 0 bridgehead atoms. The zero-order valence-corrected chi connectivity index (χ0v) is 11.6. The van der Waals surface area contributed by atoms with Gasteiger partial charge in [0.15, 0.2) is 0 Å². The van der Waals surface area contributed by atoms with Gasteiger partial charge in [0.25, 0.3) is 0 Å². The predicted molar refractivity (Wildman–Crippen MR) is 73.3 cm³/mol. The molecule has 1 saturated heterocycles. The smallest absolute Gasteiger partial charge is 0.235 e. The van der Waals surface area contributed by atoms with Crippen LogP contribution in [0.25, 0.3) is 0 Å². The molecule has 1 aromatic rings. The van der Waals surface area contributed by atoms with Crippen molar-refractivity contribution in [2.24, 2.45) is 0 Å². The van der Waals surface area contributed by atoms with Crippen molar-refractivity contribution in [3.05, 3.63) is 24.3 Å². The van der Waals surface area contributed by atoms with Gasteiger partial charge in [-0.1, -0.05) is 22.0 Å². The van der Waals surface area contributed by atoms with Crippen LogP contribution in [-0.2, 0) is 9.53 Å². The summed E-state index contributed by atoms with van der Waals surface area (Å²) < 4.78 is 11.1. The first-order chi connectivity index (χ1) is 8.78. The summed E-state index contributed by atoms with van der Waals surface area (Å²) in [4.78, 5) is 11.2. The molecule has 1 fully saturated rings. The highest BCUT2D eigenvalue weighted by atomic mass is 79.9. The van der Waals surface area contributed by atoms with Gasteiger partial charge in [-0.2, -0.15) is 0 Å². The third kappa shape index (κ3) is 3.99. The van der Waals surface area contributed by atoms with E-state index in [0.29, 0.717) is 6.61 Å². The van der Waals surface area contributed by atoms with Gasteiger partial charge < -0.3 is 14.8 Å². The van der Waals surface area contributed by atoms with Crippen LogP contribution in [0.3, 0.4) is 0 Å². The SMILES string of the molecule is O=C(CBr)Nc1cccc(OC[C@@H]2CCCO2)c1. The lowest BCUT2D eigenvalue weighted by molar-refractivity contribution is -0.113. The molecule has 0 unspecified atom stereocenters. The fourth-order valence-electron chi connectivity index (χ4n) is 1.82. The largest absolute Gasteiger partial charge is 0.491 e. The Hall–Kier alpha value is -1.07. The summed E-state index contributed by atoms with van der Waals surface area (Å²) in [5.41, 5.74) is 0.740. The number of halogens is 1. The zero-order valence-electron chi connectivity index (χ0n) is 10.0. The number of amides is 1. The molecule has 1 aromatic carbocycles. The average molecular weight is 314 g/mol. The average Bonchev–Trinajstić information content (AvgIpc) is 2.90. The summed E-state index contributed by atoms with van der Waals surface area (Å²) in [5, 5.41) is 3.05. The molecular formula is C13H16BrNO3. The van der Waals surface area contributed by atoms with Gasteiger partial charge in [0.2, 0.25) is 5.91 Å². The third-order valence-corrected chi connectivity index (χ3v) is 3.21. The number of benzene rings is 1. The summed E-state index contributed by atoms with van der Waals surface area (Å²) in [7, 11) is 0. The van der Waals surface area contributed by atoms with Gasteiger partial charge in [0.05, 0.1) is 11.4 Å². The molecule has 1 N–H and O–H groups in total. The topological polar surface area (TPSA) is 47.6 Å². The highest BCUT2D eigenvalue weighted by molar-refractivity contribution is 9.09. The van der Waals surface area contributed by atoms with E-state index in [9.17, 15) is 4.79 Å². The number of rotatable bonds is 5. The number of carbonyl (C=O) groups is 1. The Bertz CT molecular complexity index is 405. The van der Waals surface area contributed by atoms with Gasteiger partial charge in [-0.05, 0) is 25.0 Å². The van der Waals surface area contributed by atoms with E-state index in [4.69, 9.17) is 9.47 Å². The molecule has 2 rings (SSSR count). The first-order valence-corrected chi connectivity index (χ1v) is 7.10. The van der Waals surface area contributed by atoms with Gasteiger partial charge >= 0.3 is 0 Å². The van der Waals surface area contributed by atoms with E-state index in [2.05, 4.69) is 21.2 Å². The monoisotopic (exact) mass is 313 g/mol. The third-order valence-electron chi connectivity index (χ3n) is 2.70. The zero-order chi connectivity index (χ0) is 12.8. The second kappa shape index (κ2) is 6.75. The fourth-order valence-corrected chi connectivity index (χ4v) is 1.96. The first kappa shape index (κ1) is 13.4. The van der Waals surface area contributed by atoms with E-state index in [-0.39, 0.29) is 17.3 Å². The summed E-state index contributed by atoms with van der Waals surface area (Å²) in [6.45, 7) is 1.39. The van der Waals surface area contributed by atoms with Crippen molar-refractivity contribution >= 4 is 27.5 Å². The maximum atomic E-state index is 11.2. The van der Waals surface area contributed by atoms with Crippen molar-refractivity contribution in [1.29, 1.82) is 0 Å². The first-order valence-electron chi connectivity index (χ1n) is 5.98. The van der Waals surface area contributed by atoms with Crippen molar-refractivity contribution in [3.8, 4) is 5.75 Å². The molecule has 1 aliphatic heterocycles. The molecule has 18 heavy (non-hydrogen) atoms. The molecule has 1 atom stereocenters. The Kier molecular flexibility index (Phi) is 5.01. The summed E-state index contributed by atoms with van der Waals surface area (Å²) in [6.07, 6.45) is 2.36. The molecule has 1 amide bonds. The van der Waals surface area contributed by atoms with E-state index in [1.54, 1.807) is 0 Å². The minimum atomic E-state index is -0.0775. The van der Waals surface area contributed by atoms with E-state index in [0.717, 1.165) is 30.9 Å². The lowest BCUT2D eigenvalue weighted by Crippen LogP contribution is -2.16. The molecule has 0 spiro atoms. The van der Waals surface area contributed by atoms with Crippen LogP contribution < -0.4 is 10.1 Å². The Morgan fingerprint density at radius 2 is 2.44 bits per heavy atom.